The number of nitrogen functional groups attached to an aromatic ring is 1. The van der Waals surface area contributed by atoms with Crippen LogP contribution in [0.4, 0.5) is 11.4 Å². The van der Waals surface area contributed by atoms with Crippen molar-refractivity contribution in [3.63, 3.8) is 0 Å². The highest BCUT2D eigenvalue weighted by Crippen LogP contribution is 2.22. The van der Waals surface area contributed by atoms with Gasteiger partial charge in [0.1, 0.15) is 5.69 Å². The summed E-state index contributed by atoms with van der Waals surface area (Å²) >= 11 is 0. The van der Waals surface area contributed by atoms with Crippen LogP contribution in [0.2, 0.25) is 0 Å². The van der Waals surface area contributed by atoms with Crippen LogP contribution >= 0.6 is 0 Å². The Labute approximate surface area is 106 Å². The third-order valence-corrected chi connectivity index (χ3v) is 2.63. The topological polar surface area (TPSA) is 89.5 Å². The van der Waals surface area contributed by atoms with E-state index in [1.165, 1.54) is 18.2 Å². The Morgan fingerprint density at radius 3 is 2.56 bits per heavy atom. The van der Waals surface area contributed by atoms with Crippen LogP contribution in [0.25, 0.3) is 0 Å². The van der Waals surface area contributed by atoms with Crippen molar-refractivity contribution in [2.45, 2.75) is 20.3 Å². The number of carbonyl (C=O) groups is 1. The van der Waals surface area contributed by atoms with Gasteiger partial charge in [0.15, 0.2) is 0 Å². The molecule has 0 saturated heterocycles. The quantitative estimate of drug-likeness (QED) is 0.492. The molecule has 0 aliphatic carbocycles. The number of hydrogen-bond acceptors (Lipinski definition) is 4. The van der Waals surface area contributed by atoms with E-state index in [2.05, 4.69) is 0 Å². The molecule has 6 heteroatoms. The number of nitrogens with two attached hydrogens (primary N) is 1. The molecule has 1 aromatic carbocycles. The van der Waals surface area contributed by atoms with E-state index in [0.29, 0.717) is 18.7 Å². The molecule has 0 aliphatic heterocycles. The smallest absolute Gasteiger partial charge is 0.292 e. The van der Waals surface area contributed by atoms with Crippen LogP contribution in [0.3, 0.4) is 0 Å². The van der Waals surface area contributed by atoms with E-state index in [1.807, 2.05) is 13.8 Å². The monoisotopic (exact) mass is 251 g/mol. The first-order valence-corrected chi connectivity index (χ1v) is 5.84. The minimum Gasteiger partial charge on any atom is -0.393 e. The lowest BCUT2D eigenvalue weighted by Crippen LogP contribution is -2.31. The normalized spacial score (nSPS) is 10.1. The van der Waals surface area contributed by atoms with Crippen molar-refractivity contribution in [3.8, 4) is 0 Å². The lowest BCUT2D eigenvalue weighted by molar-refractivity contribution is -0.383. The standard InChI is InChI=1S/C12H17N3O3/c1-3-7-14(4-2)12(16)9-5-6-11(15(17)18)10(13)8-9/h5-6,8H,3-4,7,13H2,1-2H3. The average molecular weight is 251 g/mol. The highest BCUT2D eigenvalue weighted by molar-refractivity contribution is 5.95. The van der Waals surface area contributed by atoms with Crippen molar-refractivity contribution in [2.75, 3.05) is 18.8 Å². The van der Waals surface area contributed by atoms with Crippen LogP contribution in [-0.2, 0) is 0 Å². The largest absolute Gasteiger partial charge is 0.393 e. The zero-order valence-electron chi connectivity index (χ0n) is 10.5. The van der Waals surface area contributed by atoms with Crippen molar-refractivity contribution in [3.05, 3.63) is 33.9 Å². The molecule has 1 amide bonds. The molecular formula is C12H17N3O3. The molecule has 98 valence electrons. The van der Waals surface area contributed by atoms with Crippen molar-refractivity contribution < 1.29 is 9.72 Å². The van der Waals surface area contributed by atoms with Crippen LogP contribution < -0.4 is 5.73 Å². The SMILES string of the molecule is CCCN(CC)C(=O)c1ccc([N+](=O)[O-])c(N)c1. The second-order valence-electron chi connectivity index (χ2n) is 3.92. The number of anilines is 1. The number of benzene rings is 1. The Balaban J connectivity index is 3.00. The van der Waals surface area contributed by atoms with Gasteiger partial charge in [-0.3, -0.25) is 14.9 Å². The Morgan fingerprint density at radius 2 is 2.11 bits per heavy atom. The first kappa shape index (κ1) is 14.0. The summed E-state index contributed by atoms with van der Waals surface area (Å²) in [7, 11) is 0. The highest BCUT2D eigenvalue weighted by atomic mass is 16.6. The van der Waals surface area contributed by atoms with Crippen molar-refractivity contribution in [1.29, 1.82) is 0 Å². The average Bonchev–Trinajstić information content (AvgIpc) is 2.34. The summed E-state index contributed by atoms with van der Waals surface area (Å²) in [4.78, 5) is 23.8. The molecule has 0 heterocycles. The third-order valence-electron chi connectivity index (χ3n) is 2.63. The minimum absolute atomic E-state index is 0.0124. The van der Waals surface area contributed by atoms with E-state index < -0.39 is 4.92 Å². The summed E-state index contributed by atoms with van der Waals surface area (Å²) in [5.41, 5.74) is 5.78. The van der Waals surface area contributed by atoms with Gasteiger partial charge < -0.3 is 10.6 Å². The third kappa shape index (κ3) is 2.97. The minimum atomic E-state index is -0.562. The summed E-state index contributed by atoms with van der Waals surface area (Å²) in [5.74, 6) is -0.152. The Kier molecular flexibility index (Phi) is 4.65. The zero-order valence-corrected chi connectivity index (χ0v) is 10.5. The van der Waals surface area contributed by atoms with Crippen LogP contribution in [0, 0.1) is 10.1 Å². The maximum atomic E-state index is 12.1. The van der Waals surface area contributed by atoms with Gasteiger partial charge in [0.25, 0.3) is 11.6 Å². The summed E-state index contributed by atoms with van der Waals surface area (Å²) in [5, 5.41) is 10.6. The van der Waals surface area contributed by atoms with E-state index in [1.54, 1.807) is 4.90 Å². The summed E-state index contributed by atoms with van der Waals surface area (Å²) in [6.07, 6.45) is 0.863. The second-order valence-corrected chi connectivity index (χ2v) is 3.92. The number of amides is 1. The first-order chi connectivity index (χ1) is 8.51. The maximum Gasteiger partial charge on any atom is 0.292 e. The van der Waals surface area contributed by atoms with Crippen molar-refractivity contribution in [1.82, 2.24) is 4.90 Å². The number of carbonyl (C=O) groups excluding carboxylic acids is 1. The van der Waals surface area contributed by atoms with E-state index in [0.717, 1.165) is 6.42 Å². The fourth-order valence-corrected chi connectivity index (χ4v) is 1.71. The highest BCUT2D eigenvalue weighted by Gasteiger charge is 2.17. The van der Waals surface area contributed by atoms with Gasteiger partial charge in [-0.2, -0.15) is 0 Å². The van der Waals surface area contributed by atoms with E-state index in [-0.39, 0.29) is 17.3 Å². The fraction of sp³-hybridized carbons (Fsp3) is 0.417. The van der Waals surface area contributed by atoms with Crippen LogP contribution in [0.1, 0.15) is 30.6 Å². The predicted octanol–water partition coefficient (Wildman–Crippen LogP) is 2.05. The molecule has 0 spiro atoms. The molecule has 0 atom stereocenters. The molecule has 0 saturated carbocycles. The molecule has 18 heavy (non-hydrogen) atoms. The zero-order chi connectivity index (χ0) is 13.7. The molecule has 0 bridgehead atoms. The number of nitrogens with zero attached hydrogens (tertiary/aromatic N) is 2. The lowest BCUT2D eigenvalue weighted by Gasteiger charge is -2.20. The fourth-order valence-electron chi connectivity index (χ4n) is 1.71. The molecule has 0 aromatic heterocycles. The van der Waals surface area contributed by atoms with E-state index >= 15 is 0 Å². The van der Waals surface area contributed by atoms with Gasteiger partial charge in [-0.25, -0.2) is 0 Å². The number of hydrogen-bond donors (Lipinski definition) is 1. The molecule has 1 aromatic rings. The molecule has 1 rings (SSSR count). The summed E-state index contributed by atoms with van der Waals surface area (Å²) in [6, 6.07) is 4.07. The van der Waals surface area contributed by atoms with Crippen LogP contribution in [0.5, 0.6) is 0 Å². The van der Waals surface area contributed by atoms with E-state index in [4.69, 9.17) is 5.73 Å². The van der Waals surface area contributed by atoms with Gasteiger partial charge in [-0.05, 0) is 25.5 Å². The number of rotatable bonds is 5. The summed E-state index contributed by atoms with van der Waals surface area (Å²) in [6.45, 7) is 5.14. The molecule has 6 nitrogen and oxygen atoms in total. The lowest BCUT2D eigenvalue weighted by atomic mass is 10.1. The molecule has 0 aliphatic rings. The van der Waals surface area contributed by atoms with Crippen LogP contribution in [0.15, 0.2) is 18.2 Å². The van der Waals surface area contributed by atoms with Crippen molar-refractivity contribution in [2.24, 2.45) is 0 Å². The maximum absolute atomic E-state index is 12.1. The molecule has 0 radical (unpaired) electrons. The molecule has 0 unspecified atom stereocenters. The Bertz CT molecular complexity index is 460. The summed E-state index contributed by atoms with van der Waals surface area (Å²) < 4.78 is 0. The van der Waals surface area contributed by atoms with Gasteiger partial charge in [-0.15, -0.1) is 0 Å². The first-order valence-electron chi connectivity index (χ1n) is 5.84. The Morgan fingerprint density at radius 1 is 1.44 bits per heavy atom. The molecule has 2 N–H and O–H groups in total. The van der Waals surface area contributed by atoms with Gasteiger partial charge in [0.05, 0.1) is 4.92 Å². The Hall–Kier alpha value is -2.11. The van der Waals surface area contributed by atoms with E-state index in [9.17, 15) is 14.9 Å². The number of nitro groups is 1. The second kappa shape index (κ2) is 6.00. The van der Waals surface area contributed by atoms with Gasteiger partial charge in [0, 0.05) is 24.7 Å². The number of nitro benzene ring substituents is 1. The van der Waals surface area contributed by atoms with Crippen LogP contribution in [-0.4, -0.2) is 28.8 Å². The molecule has 0 fully saturated rings. The van der Waals surface area contributed by atoms with Gasteiger partial charge in [-0.1, -0.05) is 6.92 Å². The van der Waals surface area contributed by atoms with Gasteiger partial charge in [0.2, 0.25) is 0 Å². The molecular weight excluding hydrogens is 234 g/mol. The van der Waals surface area contributed by atoms with Gasteiger partial charge >= 0.3 is 0 Å². The van der Waals surface area contributed by atoms with Crippen molar-refractivity contribution >= 4 is 17.3 Å². The predicted molar refractivity (Wildman–Crippen MR) is 69.4 cm³/mol.